The Bertz CT molecular complexity index is 550. The molecule has 19 heavy (non-hydrogen) atoms. The van der Waals surface area contributed by atoms with E-state index < -0.39 is 0 Å². The molecule has 0 aliphatic carbocycles. The van der Waals surface area contributed by atoms with Crippen molar-refractivity contribution in [3.63, 3.8) is 0 Å². The zero-order chi connectivity index (χ0) is 13.8. The highest BCUT2D eigenvalue weighted by molar-refractivity contribution is 7.98. The summed E-state index contributed by atoms with van der Waals surface area (Å²) in [5.41, 5.74) is 8.05. The summed E-state index contributed by atoms with van der Waals surface area (Å²) in [5.74, 6) is 1.67. The summed E-state index contributed by atoms with van der Waals surface area (Å²) >= 11 is 1.67. The first-order chi connectivity index (χ1) is 9.11. The molecule has 0 unspecified atom stereocenters. The number of hydrogen-bond acceptors (Lipinski definition) is 5. The summed E-state index contributed by atoms with van der Waals surface area (Å²) in [6.07, 6.45) is 3.75. The standard InChI is InChI=1S/C13H19N5S/c1-9(2)18-12(5-14)16-17-13(18)19-8-11-4-10(3)6-15-7-11/h4,6-7,9H,5,8,14H2,1-3H3. The number of thioether (sulfide) groups is 1. The molecule has 2 N–H and O–H groups in total. The van der Waals surface area contributed by atoms with Gasteiger partial charge in [0, 0.05) is 24.2 Å². The van der Waals surface area contributed by atoms with Crippen LogP contribution in [0.4, 0.5) is 0 Å². The lowest BCUT2D eigenvalue weighted by Crippen LogP contribution is -2.11. The van der Waals surface area contributed by atoms with Crippen LogP contribution < -0.4 is 5.73 Å². The fourth-order valence-electron chi connectivity index (χ4n) is 1.91. The average molecular weight is 277 g/mol. The largest absolute Gasteiger partial charge is 0.324 e. The van der Waals surface area contributed by atoms with Crippen LogP contribution in [-0.4, -0.2) is 19.7 Å². The van der Waals surface area contributed by atoms with Gasteiger partial charge in [-0.25, -0.2) is 0 Å². The molecule has 0 fully saturated rings. The van der Waals surface area contributed by atoms with Crippen molar-refractivity contribution in [2.75, 3.05) is 0 Å². The quantitative estimate of drug-likeness (QED) is 0.849. The van der Waals surface area contributed by atoms with Crippen LogP contribution >= 0.6 is 11.8 Å². The van der Waals surface area contributed by atoms with Gasteiger partial charge in [-0.2, -0.15) is 0 Å². The number of nitrogens with zero attached hydrogens (tertiary/aromatic N) is 4. The van der Waals surface area contributed by atoms with Gasteiger partial charge in [0.15, 0.2) is 5.16 Å². The van der Waals surface area contributed by atoms with E-state index >= 15 is 0 Å². The molecule has 0 atom stereocenters. The molecular weight excluding hydrogens is 258 g/mol. The molecule has 102 valence electrons. The van der Waals surface area contributed by atoms with Crippen molar-refractivity contribution in [2.24, 2.45) is 5.73 Å². The van der Waals surface area contributed by atoms with Crippen molar-refractivity contribution >= 4 is 11.8 Å². The highest BCUT2D eigenvalue weighted by Crippen LogP contribution is 2.24. The molecule has 0 saturated heterocycles. The smallest absolute Gasteiger partial charge is 0.191 e. The summed E-state index contributed by atoms with van der Waals surface area (Å²) in [5, 5.41) is 9.27. The van der Waals surface area contributed by atoms with Gasteiger partial charge in [-0.05, 0) is 31.9 Å². The van der Waals surface area contributed by atoms with Crippen molar-refractivity contribution in [2.45, 2.75) is 44.3 Å². The van der Waals surface area contributed by atoms with E-state index in [0.717, 1.165) is 16.7 Å². The third-order valence-corrected chi connectivity index (χ3v) is 3.75. The molecule has 2 rings (SSSR count). The maximum absolute atomic E-state index is 5.69. The lowest BCUT2D eigenvalue weighted by molar-refractivity contribution is 0.526. The van der Waals surface area contributed by atoms with Gasteiger partial charge in [0.05, 0.1) is 6.54 Å². The monoisotopic (exact) mass is 277 g/mol. The normalized spacial score (nSPS) is 11.2. The van der Waals surface area contributed by atoms with Crippen LogP contribution in [-0.2, 0) is 12.3 Å². The predicted molar refractivity (Wildman–Crippen MR) is 76.8 cm³/mol. The Kier molecular flexibility index (Phi) is 4.55. The molecule has 2 heterocycles. The van der Waals surface area contributed by atoms with Gasteiger partial charge in [-0.1, -0.05) is 17.8 Å². The first kappa shape index (κ1) is 14.0. The van der Waals surface area contributed by atoms with E-state index in [-0.39, 0.29) is 0 Å². The maximum Gasteiger partial charge on any atom is 0.191 e. The average Bonchev–Trinajstić information content (AvgIpc) is 2.79. The van der Waals surface area contributed by atoms with Crippen LogP contribution in [0.1, 0.15) is 36.8 Å². The van der Waals surface area contributed by atoms with Crippen molar-refractivity contribution in [3.8, 4) is 0 Å². The predicted octanol–water partition coefficient (Wildman–Crippen LogP) is 2.31. The van der Waals surface area contributed by atoms with E-state index in [1.807, 2.05) is 19.3 Å². The van der Waals surface area contributed by atoms with Gasteiger partial charge in [0.2, 0.25) is 0 Å². The van der Waals surface area contributed by atoms with Crippen LogP contribution in [0.3, 0.4) is 0 Å². The van der Waals surface area contributed by atoms with E-state index in [1.54, 1.807) is 11.8 Å². The van der Waals surface area contributed by atoms with E-state index in [0.29, 0.717) is 12.6 Å². The fourth-order valence-corrected chi connectivity index (χ4v) is 2.92. The minimum atomic E-state index is 0.312. The lowest BCUT2D eigenvalue weighted by Gasteiger charge is -2.12. The van der Waals surface area contributed by atoms with Crippen LogP contribution in [0.2, 0.25) is 0 Å². The number of pyridine rings is 1. The molecule has 2 aromatic heterocycles. The Morgan fingerprint density at radius 1 is 1.32 bits per heavy atom. The third-order valence-electron chi connectivity index (χ3n) is 2.73. The topological polar surface area (TPSA) is 69.6 Å². The van der Waals surface area contributed by atoms with Crippen LogP contribution in [0.25, 0.3) is 0 Å². The molecule has 0 spiro atoms. The lowest BCUT2D eigenvalue weighted by atomic mass is 10.2. The molecule has 0 saturated carbocycles. The Labute approximate surface area is 117 Å². The molecule has 0 amide bonds. The Balaban J connectivity index is 2.13. The number of nitrogens with two attached hydrogens (primary N) is 1. The molecule has 0 aromatic carbocycles. The van der Waals surface area contributed by atoms with Gasteiger partial charge in [-0.3, -0.25) is 4.98 Å². The second-order valence-corrected chi connectivity index (χ2v) is 5.67. The molecule has 0 aliphatic heterocycles. The van der Waals surface area contributed by atoms with Gasteiger partial charge >= 0.3 is 0 Å². The van der Waals surface area contributed by atoms with Gasteiger partial charge in [0.25, 0.3) is 0 Å². The molecule has 0 radical (unpaired) electrons. The maximum atomic E-state index is 5.69. The molecule has 5 nitrogen and oxygen atoms in total. The summed E-state index contributed by atoms with van der Waals surface area (Å²) in [6.45, 7) is 6.68. The molecule has 0 bridgehead atoms. The van der Waals surface area contributed by atoms with Crippen molar-refractivity contribution in [1.29, 1.82) is 0 Å². The minimum absolute atomic E-state index is 0.312. The first-order valence-corrected chi connectivity index (χ1v) is 7.27. The Morgan fingerprint density at radius 3 is 2.74 bits per heavy atom. The second kappa shape index (κ2) is 6.16. The van der Waals surface area contributed by atoms with Crippen LogP contribution in [0.5, 0.6) is 0 Å². The van der Waals surface area contributed by atoms with E-state index in [9.17, 15) is 0 Å². The number of aromatic nitrogens is 4. The molecule has 0 aliphatic rings. The second-order valence-electron chi connectivity index (χ2n) is 4.73. The summed E-state index contributed by atoms with van der Waals surface area (Å²) in [4.78, 5) is 4.20. The van der Waals surface area contributed by atoms with Gasteiger partial charge < -0.3 is 10.3 Å². The summed E-state index contributed by atoms with van der Waals surface area (Å²) in [6, 6.07) is 2.45. The number of aryl methyl sites for hydroxylation is 1. The highest BCUT2D eigenvalue weighted by Gasteiger charge is 2.14. The number of rotatable bonds is 5. The summed E-state index contributed by atoms with van der Waals surface area (Å²) < 4.78 is 2.09. The third kappa shape index (κ3) is 3.33. The Morgan fingerprint density at radius 2 is 2.11 bits per heavy atom. The van der Waals surface area contributed by atoms with E-state index in [2.05, 4.69) is 39.7 Å². The van der Waals surface area contributed by atoms with Crippen molar-refractivity contribution in [1.82, 2.24) is 19.7 Å². The molecule has 2 aromatic rings. The van der Waals surface area contributed by atoms with E-state index in [1.165, 1.54) is 11.1 Å². The summed E-state index contributed by atoms with van der Waals surface area (Å²) in [7, 11) is 0. The van der Waals surface area contributed by atoms with Crippen molar-refractivity contribution < 1.29 is 0 Å². The van der Waals surface area contributed by atoms with Gasteiger partial charge in [0.1, 0.15) is 5.82 Å². The van der Waals surface area contributed by atoms with E-state index in [4.69, 9.17) is 5.73 Å². The zero-order valence-electron chi connectivity index (χ0n) is 11.5. The van der Waals surface area contributed by atoms with Crippen molar-refractivity contribution in [3.05, 3.63) is 35.4 Å². The van der Waals surface area contributed by atoms with Gasteiger partial charge in [-0.15, -0.1) is 10.2 Å². The molecule has 6 heteroatoms. The number of hydrogen-bond donors (Lipinski definition) is 1. The SMILES string of the molecule is Cc1cncc(CSc2nnc(CN)n2C(C)C)c1. The fraction of sp³-hybridized carbons (Fsp3) is 0.462. The zero-order valence-corrected chi connectivity index (χ0v) is 12.3. The van der Waals surface area contributed by atoms with Crippen LogP contribution in [0, 0.1) is 6.92 Å². The van der Waals surface area contributed by atoms with Crippen LogP contribution in [0.15, 0.2) is 23.6 Å². The molecular formula is C13H19N5S. The first-order valence-electron chi connectivity index (χ1n) is 6.29. The minimum Gasteiger partial charge on any atom is -0.324 e. The highest BCUT2D eigenvalue weighted by atomic mass is 32.2. The Hall–Kier alpha value is -1.40.